The van der Waals surface area contributed by atoms with Crippen molar-refractivity contribution in [1.82, 2.24) is 10.3 Å². The molecule has 0 saturated heterocycles. The number of amidine groups is 1. The van der Waals surface area contributed by atoms with Gasteiger partial charge < -0.3 is 10.1 Å². The number of aromatic nitrogens is 1. The van der Waals surface area contributed by atoms with Crippen LogP contribution in [0, 0.1) is 5.41 Å². The van der Waals surface area contributed by atoms with Crippen molar-refractivity contribution in [1.29, 1.82) is 5.41 Å². The van der Waals surface area contributed by atoms with Crippen LogP contribution in [0.5, 0.6) is 0 Å². The highest BCUT2D eigenvalue weighted by atomic mass is 35.5. The summed E-state index contributed by atoms with van der Waals surface area (Å²) in [6.07, 6.45) is 2.59. The van der Waals surface area contributed by atoms with Crippen LogP contribution in [0.3, 0.4) is 0 Å². The number of hydrogen-bond donors (Lipinski definition) is 2. The number of thiazole rings is 1. The van der Waals surface area contributed by atoms with Crippen LogP contribution in [0.2, 0.25) is 4.47 Å². The molecule has 0 fully saturated rings. The van der Waals surface area contributed by atoms with E-state index < -0.39 is 0 Å². The predicted molar refractivity (Wildman–Crippen MR) is 57.9 cm³/mol. The van der Waals surface area contributed by atoms with E-state index in [1.54, 1.807) is 6.20 Å². The van der Waals surface area contributed by atoms with Gasteiger partial charge in [-0.25, -0.2) is 4.98 Å². The maximum absolute atomic E-state index is 7.37. The molecule has 78 valence electrons. The van der Waals surface area contributed by atoms with E-state index in [-0.39, 0.29) is 6.02 Å². The molecule has 0 amide bonds. The molecule has 0 aliphatic rings. The second-order valence-corrected chi connectivity index (χ2v) is 4.31. The van der Waals surface area contributed by atoms with E-state index in [0.717, 1.165) is 11.3 Å². The van der Waals surface area contributed by atoms with Crippen molar-refractivity contribution in [3.8, 4) is 0 Å². The van der Waals surface area contributed by atoms with Crippen LogP contribution in [-0.2, 0) is 11.3 Å². The Hall–Kier alpha value is -0.810. The summed E-state index contributed by atoms with van der Waals surface area (Å²) in [7, 11) is 0. The van der Waals surface area contributed by atoms with E-state index in [9.17, 15) is 0 Å². The minimum Gasteiger partial charge on any atom is -0.465 e. The van der Waals surface area contributed by atoms with Crippen LogP contribution in [0.25, 0.3) is 0 Å². The first-order valence-electron chi connectivity index (χ1n) is 4.27. The van der Waals surface area contributed by atoms with Gasteiger partial charge in [-0.15, -0.1) is 11.3 Å². The summed E-state index contributed by atoms with van der Waals surface area (Å²) >= 11 is 7.05. The Morgan fingerprint density at radius 1 is 1.79 bits per heavy atom. The summed E-state index contributed by atoms with van der Waals surface area (Å²) in [5.41, 5.74) is 0. The molecule has 0 unspecified atom stereocenters. The van der Waals surface area contributed by atoms with Crippen molar-refractivity contribution in [2.24, 2.45) is 0 Å². The average molecular weight is 234 g/mol. The Balaban J connectivity index is 2.23. The topological polar surface area (TPSA) is 58.0 Å². The van der Waals surface area contributed by atoms with E-state index >= 15 is 0 Å². The van der Waals surface area contributed by atoms with Gasteiger partial charge >= 0.3 is 0 Å². The fourth-order valence-electron chi connectivity index (χ4n) is 0.788. The van der Waals surface area contributed by atoms with Crippen molar-refractivity contribution >= 4 is 29.0 Å². The van der Waals surface area contributed by atoms with E-state index in [1.165, 1.54) is 11.3 Å². The molecule has 1 aromatic heterocycles. The molecule has 1 aromatic rings. The van der Waals surface area contributed by atoms with Crippen molar-refractivity contribution in [2.45, 2.75) is 19.9 Å². The molecule has 14 heavy (non-hydrogen) atoms. The molecule has 4 nitrogen and oxygen atoms in total. The second-order valence-electron chi connectivity index (χ2n) is 2.61. The largest absolute Gasteiger partial charge is 0.465 e. The van der Waals surface area contributed by atoms with Crippen molar-refractivity contribution in [2.75, 3.05) is 6.61 Å². The first-order chi connectivity index (χ1) is 6.72. The molecule has 0 saturated carbocycles. The summed E-state index contributed by atoms with van der Waals surface area (Å²) in [5.74, 6) is 0. The van der Waals surface area contributed by atoms with E-state index in [2.05, 4.69) is 10.3 Å². The lowest BCUT2D eigenvalue weighted by molar-refractivity contribution is 0.285. The van der Waals surface area contributed by atoms with Gasteiger partial charge in [0.25, 0.3) is 6.02 Å². The SMILES string of the molecule is CCCOC(=N)NCc1cnc(Cl)s1. The van der Waals surface area contributed by atoms with Gasteiger partial charge in [0.1, 0.15) is 0 Å². The molecule has 0 spiro atoms. The Labute approximate surface area is 91.8 Å². The third-order valence-electron chi connectivity index (χ3n) is 1.40. The lowest BCUT2D eigenvalue weighted by Gasteiger charge is -2.06. The zero-order valence-corrected chi connectivity index (χ0v) is 9.41. The summed E-state index contributed by atoms with van der Waals surface area (Å²) in [6.45, 7) is 3.10. The quantitative estimate of drug-likeness (QED) is 0.620. The van der Waals surface area contributed by atoms with Crippen LogP contribution in [-0.4, -0.2) is 17.6 Å². The Morgan fingerprint density at radius 2 is 2.57 bits per heavy atom. The summed E-state index contributed by atoms with van der Waals surface area (Å²) in [5, 5.41) is 10.2. The van der Waals surface area contributed by atoms with Gasteiger partial charge in [-0.2, -0.15) is 0 Å². The lowest BCUT2D eigenvalue weighted by atomic mass is 10.5. The standard InChI is InChI=1S/C8H12ClN3OS/c1-2-3-13-8(10)12-5-6-4-11-7(9)14-6/h4H,2-3,5H2,1H3,(H2,10,12). The van der Waals surface area contributed by atoms with Gasteiger partial charge in [-0.3, -0.25) is 5.41 Å². The van der Waals surface area contributed by atoms with Crippen molar-refractivity contribution in [3.05, 3.63) is 15.5 Å². The number of nitrogens with one attached hydrogen (secondary N) is 2. The highest BCUT2D eigenvalue weighted by molar-refractivity contribution is 7.15. The first kappa shape index (κ1) is 11.3. The molecule has 0 bridgehead atoms. The van der Waals surface area contributed by atoms with E-state index in [4.69, 9.17) is 21.7 Å². The van der Waals surface area contributed by atoms with Gasteiger partial charge in [0.05, 0.1) is 13.2 Å². The number of halogens is 1. The van der Waals surface area contributed by atoms with Crippen molar-refractivity contribution in [3.63, 3.8) is 0 Å². The second kappa shape index (κ2) is 5.82. The van der Waals surface area contributed by atoms with Gasteiger partial charge in [-0.1, -0.05) is 18.5 Å². The number of hydrogen-bond acceptors (Lipinski definition) is 4. The molecular weight excluding hydrogens is 222 g/mol. The van der Waals surface area contributed by atoms with Crippen LogP contribution in [0.1, 0.15) is 18.2 Å². The Bertz CT molecular complexity index is 303. The molecule has 0 radical (unpaired) electrons. The number of ether oxygens (including phenoxy) is 1. The minimum absolute atomic E-state index is 0.0939. The molecule has 0 aliphatic carbocycles. The highest BCUT2D eigenvalue weighted by Gasteiger charge is 2.00. The molecule has 0 aliphatic heterocycles. The molecule has 1 rings (SSSR count). The zero-order chi connectivity index (χ0) is 10.4. The van der Waals surface area contributed by atoms with Gasteiger partial charge in [-0.05, 0) is 6.42 Å². The monoisotopic (exact) mass is 233 g/mol. The van der Waals surface area contributed by atoms with Crippen LogP contribution >= 0.6 is 22.9 Å². The van der Waals surface area contributed by atoms with Gasteiger partial charge in [0.15, 0.2) is 4.47 Å². The molecule has 2 N–H and O–H groups in total. The van der Waals surface area contributed by atoms with Crippen LogP contribution in [0.15, 0.2) is 6.20 Å². The normalized spacial score (nSPS) is 9.86. The third-order valence-corrected chi connectivity index (χ3v) is 2.51. The lowest BCUT2D eigenvalue weighted by Crippen LogP contribution is -2.24. The average Bonchev–Trinajstić information content (AvgIpc) is 2.58. The van der Waals surface area contributed by atoms with Gasteiger partial charge in [0.2, 0.25) is 0 Å². The summed E-state index contributed by atoms with van der Waals surface area (Å²) < 4.78 is 5.56. The molecule has 0 aromatic carbocycles. The predicted octanol–water partition coefficient (Wildman–Crippen LogP) is 2.25. The maximum atomic E-state index is 7.37. The van der Waals surface area contributed by atoms with Crippen molar-refractivity contribution < 1.29 is 4.74 Å². The Kier molecular flexibility index (Phi) is 4.69. The molecular formula is C8H12ClN3OS. The first-order valence-corrected chi connectivity index (χ1v) is 5.47. The van der Waals surface area contributed by atoms with E-state index in [1.807, 2.05) is 6.92 Å². The fourth-order valence-corrected chi connectivity index (χ4v) is 1.71. The summed E-state index contributed by atoms with van der Waals surface area (Å²) in [4.78, 5) is 4.88. The van der Waals surface area contributed by atoms with E-state index in [0.29, 0.717) is 17.6 Å². The Morgan fingerprint density at radius 3 is 3.14 bits per heavy atom. The molecule has 1 heterocycles. The minimum atomic E-state index is 0.0939. The van der Waals surface area contributed by atoms with Gasteiger partial charge in [0, 0.05) is 11.1 Å². The van der Waals surface area contributed by atoms with Crippen LogP contribution in [0.4, 0.5) is 0 Å². The summed E-state index contributed by atoms with van der Waals surface area (Å²) in [6, 6.07) is 0.0939. The number of nitrogens with zero attached hydrogens (tertiary/aromatic N) is 1. The molecule has 6 heteroatoms. The molecule has 0 atom stereocenters. The maximum Gasteiger partial charge on any atom is 0.281 e. The number of rotatable bonds is 4. The van der Waals surface area contributed by atoms with Crippen LogP contribution < -0.4 is 5.32 Å². The zero-order valence-electron chi connectivity index (χ0n) is 7.84. The smallest absolute Gasteiger partial charge is 0.281 e. The third kappa shape index (κ3) is 3.93. The highest BCUT2D eigenvalue weighted by Crippen LogP contribution is 2.16. The fraction of sp³-hybridized carbons (Fsp3) is 0.500.